The number of carbonyl (C=O) groups excluding carboxylic acids is 1. The molecule has 1 unspecified atom stereocenters. The summed E-state index contributed by atoms with van der Waals surface area (Å²) >= 11 is 0. The van der Waals surface area contributed by atoms with Crippen LogP contribution >= 0.6 is 0 Å². The van der Waals surface area contributed by atoms with Gasteiger partial charge in [-0.25, -0.2) is 0 Å². The zero-order valence-corrected chi connectivity index (χ0v) is 12.0. The topological polar surface area (TPSA) is 44.4 Å². The molecule has 0 radical (unpaired) electrons. The van der Waals surface area contributed by atoms with Gasteiger partial charge in [0.05, 0.1) is 6.54 Å². The minimum Gasteiger partial charge on any atom is -0.355 e. The molecule has 0 aromatic rings. The second-order valence-electron chi connectivity index (χ2n) is 5.23. The second kappa shape index (κ2) is 9.34. The highest BCUT2D eigenvalue weighted by atomic mass is 16.2. The molecular formula is C14H29N3O. The zero-order valence-electron chi connectivity index (χ0n) is 12.0. The van der Waals surface area contributed by atoms with E-state index in [-0.39, 0.29) is 5.91 Å². The number of nitrogens with zero attached hydrogens (tertiary/aromatic N) is 1. The molecule has 0 aromatic heterocycles. The maximum atomic E-state index is 11.8. The first-order valence-electron chi connectivity index (χ1n) is 7.48. The summed E-state index contributed by atoms with van der Waals surface area (Å²) in [6, 6.07) is 0.583. The molecule has 1 amide bonds. The minimum atomic E-state index is 0.176. The molecule has 18 heavy (non-hydrogen) atoms. The fraction of sp³-hybridized carbons (Fsp3) is 0.929. The van der Waals surface area contributed by atoms with Crippen molar-refractivity contribution in [1.29, 1.82) is 0 Å². The molecule has 1 rings (SSSR count). The number of hydrogen-bond donors (Lipinski definition) is 2. The molecule has 1 saturated heterocycles. The maximum Gasteiger partial charge on any atom is 0.234 e. The number of amides is 1. The van der Waals surface area contributed by atoms with Crippen LogP contribution in [0, 0.1) is 0 Å². The van der Waals surface area contributed by atoms with Gasteiger partial charge in [-0.2, -0.15) is 0 Å². The Kier molecular flexibility index (Phi) is 8.01. The molecule has 0 bridgehead atoms. The molecular weight excluding hydrogens is 226 g/mol. The summed E-state index contributed by atoms with van der Waals surface area (Å²) in [7, 11) is 0. The summed E-state index contributed by atoms with van der Waals surface area (Å²) in [4.78, 5) is 14.1. The minimum absolute atomic E-state index is 0.176. The predicted molar refractivity (Wildman–Crippen MR) is 75.7 cm³/mol. The average molecular weight is 255 g/mol. The highest BCUT2D eigenvalue weighted by Crippen LogP contribution is 2.07. The van der Waals surface area contributed by atoms with Crippen LogP contribution in [0.3, 0.4) is 0 Å². The summed E-state index contributed by atoms with van der Waals surface area (Å²) < 4.78 is 0. The molecule has 1 heterocycles. The van der Waals surface area contributed by atoms with Gasteiger partial charge in [-0.3, -0.25) is 9.69 Å². The maximum absolute atomic E-state index is 11.8. The SMILES string of the molecule is CCCCNC(=O)CN(CCC)CC1CCCN1. The standard InChI is InChI=1S/C14H29N3O/c1-3-5-8-16-14(18)12-17(10-4-2)11-13-7-6-9-15-13/h13,15H,3-12H2,1-2H3,(H,16,18). The van der Waals surface area contributed by atoms with E-state index in [1.807, 2.05) is 0 Å². The number of rotatable bonds is 9. The van der Waals surface area contributed by atoms with Gasteiger partial charge in [0, 0.05) is 19.1 Å². The first-order chi connectivity index (χ1) is 8.76. The molecule has 0 aromatic carbocycles. The normalized spacial score (nSPS) is 19.4. The molecule has 0 spiro atoms. The van der Waals surface area contributed by atoms with E-state index in [0.29, 0.717) is 12.6 Å². The molecule has 2 N–H and O–H groups in total. The molecule has 1 atom stereocenters. The Morgan fingerprint density at radius 2 is 2.22 bits per heavy atom. The third-order valence-electron chi connectivity index (χ3n) is 3.40. The molecule has 106 valence electrons. The third kappa shape index (κ3) is 6.36. The summed E-state index contributed by atoms with van der Waals surface area (Å²) in [6.45, 7) is 8.83. The molecule has 1 fully saturated rings. The van der Waals surface area contributed by atoms with Crippen LogP contribution in [0.1, 0.15) is 46.0 Å². The number of unbranched alkanes of at least 4 members (excludes halogenated alkanes) is 1. The van der Waals surface area contributed by atoms with Gasteiger partial charge in [0.15, 0.2) is 0 Å². The van der Waals surface area contributed by atoms with Crippen molar-refractivity contribution in [3.63, 3.8) is 0 Å². The molecule has 4 nitrogen and oxygen atoms in total. The van der Waals surface area contributed by atoms with Crippen LogP contribution in [0.25, 0.3) is 0 Å². The summed E-state index contributed by atoms with van der Waals surface area (Å²) in [5.74, 6) is 0.176. The van der Waals surface area contributed by atoms with Crippen molar-refractivity contribution >= 4 is 5.91 Å². The number of carbonyl (C=O) groups is 1. The summed E-state index contributed by atoms with van der Waals surface area (Å²) in [5, 5.41) is 6.49. The van der Waals surface area contributed by atoms with Crippen LogP contribution in [0.5, 0.6) is 0 Å². The fourth-order valence-corrected chi connectivity index (χ4v) is 2.44. The molecule has 1 aliphatic rings. The molecule has 0 saturated carbocycles. The van der Waals surface area contributed by atoms with E-state index in [0.717, 1.165) is 45.4 Å². The second-order valence-corrected chi connectivity index (χ2v) is 5.23. The van der Waals surface area contributed by atoms with Gasteiger partial charge in [-0.1, -0.05) is 20.3 Å². The van der Waals surface area contributed by atoms with Gasteiger partial charge in [-0.15, -0.1) is 0 Å². The lowest BCUT2D eigenvalue weighted by atomic mass is 10.2. The van der Waals surface area contributed by atoms with Crippen molar-refractivity contribution in [2.24, 2.45) is 0 Å². The monoisotopic (exact) mass is 255 g/mol. The molecule has 4 heteroatoms. The van der Waals surface area contributed by atoms with E-state index in [2.05, 4.69) is 29.4 Å². The lowest BCUT2D eigenvalue weighted by molar-refractivity contribution is -0.122. The quantitative estimate of drug-likeness (QED) is 0.612. The highest BCUT2D eigenvalue weighted by molar-refractivity contribution is 5.77. The smallest absolute Gasteiger partial charge is 0.234 e. The van der Waals surface area contributed by atoms with Gasteiger partial charge in [0.25, 0.3) is 0 Å². The van der Waals surface area contributed by atoms with Crippen LogP contribution in [-0.4, -0.2) is 49.6 Å². The first kappa shape index (κ1) is 15.4. The van der Waals surface area contributed by atoms with Crippen LogP contribution in [0.4, 0.5) is 0 Å². The van der Waals surface area contributed by atoms with Crippen LogP contribution in [-0.2, 0) is 4.79 Å². The first-order valence-corrected chi connectivity index (χ1v) is 7.48. The van der Waals surface area contributed by atoms with Crippen molar-refractivity contribution in [2.45, 2.75) is 52.0 Å². The predicted octanol–water partition coefficient (Wildman–Crippen LogP) is 1.37. The van der Waals surface area contributed by atoms with Gasteiger partial charge < -0.3 is 10.6 Å². The van der Waals surface area contributed by atoms with E-state index >= 15 is 0 Å². The van der Waals surface area contributed by atoms with Crippen LogP contribution < -0.4 is 10.6 Å². The van der Waals surface area contributed by atoms with Gasteiger partial charge >= 0.3 is 0 Å². The Balaban J connectivity index is 2.24. The van der Waals surface area contributed by atoms with E-state index in [1.165, 1.54) is 12.8 Å². The van der Waals surface area contributed by atoms with Crippen molar-refractivity contribution < 1.29 is 4.79 Å². The Labute approximate surface area is 111 Å². The number of hydrogen-bond acceptors (Lipinski definition) is 3. The third-order valence-corrected chi connectivity index (χ3v) is 3.40. The fourth-order valence-electron chi connectivity index (χ4n) is 2.44. The molecule has 0 aliphatic carbocycles. The van der Waals surface area contributed by atoms with Gasteiger partial charge in [-0.05, 0) is 38.8 Å². The highest BCUT2D eigenvalue weighted by Gasteiger charge is 2.18. The Hall–Kier alpha value is -0.610. The average Bonchev–Trinajstić information content (AvgIpc) is 2.82. The Bertz CT molecular complexity index is 227. The van der Waals surface area contributed by atoms with E-state index < -0.39 is 0 Å². The van der Waals surface area contributed by atoms with E-state index in [9.17, 15) is 4.79 Å². The van der Waals surface area contributed by atoms with Crippen molar-refractivity contribution in [2.75, 3.05) is 32.7 Å². The van der Waals surface area contributed by atoms with Crippen molar-refractivity contribution in [3.8, 4) is 0 Å². The molecule has 1 aliphatic heterocycles. The van der Waals surface area contributed by atoms with Crippen LogP contribution in [0.2, 0.25) is 0 Å². The number of nitrogens with one attached hydrogen (secondary N) is 2. The van der Waals surface area contributed by atoms with Gasteiger partial charge in [0.2, 0.25) is 5.91 Å². The lowest BCUT2D eigenvalue weighted by Gasteiger charge is -2.24. The van der Waals surface area contributed by atoms with Crippen molar-refractivity contribution in [1.82, 2.24) is 15.5 Å². The zero-order chi connectivity index (χ0) is 13.2. The van der Waals surface area contributed by atoms with Crippen LogP contribution in [0.15, 0.2) is 0 Å². The summed E-state index contributed by atoms with van der Waals surface area (Å²) in [5.41, 5.74) is 0. The van der Waals surface area contributed by atoms with Gasteiger partial charge in [0.1, 0.15) is 0 Å². The summed E-state index contributed by atoms with van der Waals surface area (Å²) in [6.07, 6.45) is 5.83. The largest absolute Gasteiger partial charge is 0.355 e. The Morgan fingerprint density at radius 1 is 1.39 bits per heavy atom. The van der Waals surface area contributed by atoms with E-state index in [1.54, 1.807) is 0 Å². The lowest BCUT2D eigenvalue weighted by Crippen LogP contribution is -2.43. The Morgan fingerprint density at radius 3 is 2.83 bits per heavy atom. The van der Waals surface area contributed by atoms with E-state index in [4.69, 9.17) is 0 Å². The van der Waals surface area contributed by atoms with Crippen molar-refractivity contribution in [3.05, 3.63) is 0 Å².